The van der Waals surface area contributed by atoms with Crippen LogP contribution in [0.4, 0.5) is 0 Å². The summed E-state index contributed by atoms with van der Waals surface area (Å²) in [6.07, 6.45) is 0. The highest BCUT2D eigenvalue weighted by atomic mass is 35.5. The fraction of sp³-hybridized carbons (Fsp3) is 0.429. The van der Waals surface area contributed by atoms with Crippen molar-refractivity contribution in [3.8, 4) is 0 Å². The highest BCUT2D eigenvalue weighted by Gasteiger charge is 2.32. The number of halogens is 1. The zero-order chi connectivity index (χ0) is 14.6. The van der Waals surface area contributed by atoms with Crippen LogP contribution in [0.3, 0.4) is 0 Å². The van der Waals surface area contributed by atoms with Gasteiger partial charge < -0.3 is 0 Å². The van der Waals surface area contributed by atoms with Gasteiger partial charge in [0, 0.05) is 12.6 Å². The summed E-state index contributed by atoms with van der Waals surface area (Å²) in [5.74, 6) is -0.341. The number of alkyl halides is 1. The highest BCUT2D eigenvalue weighted by molar-refractivity contribution is 6.30. The molecule has 1 rings (SSSR count). The van der Waals surface area contributed by atoms with E-state index in [0.29, 0.717) is 5.56 Å². The van der Waals surface area contributed by atoms with Crippen molar-refractivity contribution in [1.82, 2.24) is 5.06 Å². The Morgan fingerprint density at radius 3 is 2.21 bits per heavy atom. The molecule has 0 unspecified atom stereocenters. The number of Topliss-reactive ketones (excluding diaryl/α,β-unsaturated/α-hetero) is 1. The summed E-state index contributed by atoms with van der Waals surface area (Å²) in [5.41, 5.74) is 0.627. The summed E-state index contributed by atoms with van der Waals surface area (Å²) in [6.45, 7) is 3.62. The first-order chi connectivity index (χ1) is 8.84. The SMILES string of the molecule is CON(C)C(=O)C(C)(C)c1ccc(C(=O)CCl)cc1. The third-order valence-corrected chi connectivity index (χ3v) is 3.39. The van der Waals surface area contributed by atoms with Gasteiger partial charge >= 0.3 is 0 Å². The van der Waals surface area contributed by atoms with Crippen molar-refractivity contribution >= 4 is 23.3 Å². The summed E-state index contributed by atoms with van der Waals surface area (Å²) in [5, 5.41) is 1.19. The molecule has 1 amide bonds. The molecule has 5 heteroatoms. The number of nitrogens with zero attached hydrogens (tertiary/aromatic N) is 1. The number of rotatable bonds is 5. The maximum absolute atomic E-state index is 12.2. The molecule has 4 nitrogen and oxygen atoms in total. The average molecular weight is 284 g/mol. The topological polar surface area (TPSA) is 46.6 Å². The summed E-state index contributed by atoms with van der Waals surface area (Å²) in [6, 6.07) is 6.89. The van der Waals surface area contributed by atoms with Crippen LogP contribution in [0.25, 0.3) is 0 Å². The summed E-state index contributed by atoms with van der Waals surface area (Å²) >= 11 is 5.50. The number of ketones is 1. The lowest BCUT2D eigenvalue weighted by molar-refractivity contribution is -0.174. The van der Waals surface area contributed by atoms with E-state index in [1.54, 1.807) is 31.3 Å². The Labute approximate surface area is 118 Å². The molecule has 0 N–H and O–H groups in total. The zero-order valence-electron chi connectivity index (χ0n) is 11.6. The molecule has 0 bridgehead atoms. The summed E-state index contributed by atoms with van der Waals surface area (Å²) in [7, 11) is 3.01. The van der Waals surface area contributed by atoms with Crippen molar-refractivity contribution in [2.45, 2.75) is 19.3 Å². The van der Waals surface area contributed by atoms with Crippen LogP contribution in [0, 0.1) is 0 Å². The second kappa shape index (κ2) is 6.17. The molecule has 0 aliphatic carbocycles. The molecule has 1 aromatic carbocycles. The van der Waals surface area contributed by atoms with Gasteiger partial charge in [0.1, 0.15) is 0 Å². The number of likely N-dealkylation sites (N-methyl/N-ethyl adjacent to an activating group) is 1. The van der Waals surface area contributed by atoms with Crippen LogP contribution in [0.2, 0.25) is 0 Å². The van der Waals surface area contributed by atoms with Crippen LogP contribution in [0.5, 0.6) is 0 Å². The molecule has 0 spiro atoms. The van der Waals surface area contributed by atoms with Crippen LogP contribution >= 0.6 is 11.6 Å². The largest absolute Gasteiger partial charge is 0.293 e. The molecular weight excluding hydrogens is 266 g/mol. The van der Waals surface area contributed by atoms with E-state index in [9.17, 15) is 9.59 Å². The molecule has 0 heterocycles. The summed E-state index contributed by atoms with van der Waals surface area (Å²) < 4.78 is 0. The number of carbonyl (C=O) groups excluding carboxylic acids is 2. The Balaban J connectivity index is 3.02. The third-order valence-electron chi connectivity index (χ3n) is 3.14. The molecular formula is C14H18ClNO3. The first-order valence-electron chi connectivity index (χ1n) is 5.86. The van der Waals surface area contributed by atoms with Gasteiger partial charge in [0.2, 0.25) is 0 Å². The Hall–Kier alpha value is -1.39. The average Bonchev–Trinajstić information content (AvgIpc) is 2.44. The fourth-order valence-corrected chi connectivity index (χ4v) is 1.90. The van der Waals surface area contributed by atoms with Crippen molar-refractivity contribution in [1.29, 1.82) is 0 Å². The lowest BCUT2D eigenvalue weighted by atomic mass is 9.83. The maximum Gasteiger partial charge on any atom is 0.255 e. The van der Waals surface area contributed by atoms with Crippen LogP contribution < -0.4 is 0 Å². The Kier molecular flexibility index (Phi) is 5.09. The van der Waals surface area contributed by atoms with Gasteiger partial charge in [0.05, 0.1) is 18.4 Å². The molecule has 0 aromatic heterocycles. The smallest absolute Gasteiger partial charge is 0.255 e. The van der Waals surface area contributed by atoms with Gasteiger partial charge in [-0.05, 0) is 19.4 Å². The van der Waals surface area contributed by atoms with E-state index in [1.165, 1.54) is 12.2 Å². The van der Waals surface area contributed by atoms with E-state index in [2.05, 4.69) is 0 Å². The number of carbonyl (C=O) groups is 2. The number of hydrogen-bond donors (Lipinski definition) is 0. The lowest BCUT2D eigenvalue weighted by Gasteiger charge is -2.28. The molecule has 0 radical (unpaired) electrons. The van der Waals surface area contributed by atoms with Gasteiger partial charge in [-0.25, -0.2) is 5.06 Å². The van der Waals surface area contributed by atoms with E-state index < -0.39 is 5.41 Å². The first kappa shape index (κ1) is 15.7. The number of hydroxylamine groups is 2. The van der Waals surface area contributed by atoms with E-state index in [-0.39, 0.29) is 17.6 Å². The van der Waals surface area contributed by atoms with Gasteiger partial charge in [-0.2, -0.15) is 0 Å². The fourth-order valence-electron chi connectivity index (χ4n) is 1.75. The van der Waals surface area contributed by atoms with E-state index >= 15 is 0 Å². The predicted octanol–water partition coefficient (Wildman–Crippen LogP) is 2.41. The van der Waals surface area contributed by atoms with Crippen molar-refractivity contribution in [2.24, 2.45) is 0 Å². The monoisotopic (exact) mass is 283 g/mol. The molecule has 104 valence electrons. The Morgan fingerprint density at radius 1 is 1.26 bits per heavy atom. The number of hydrogen-bond acceptors (Lipinski definition) is 3. The predicted molar refractivity (Wildman–Crippen MR) is 74.3 cm³/mol. The van der Waals surface area contributed by atoms with Crippen LogP contribution in [0.1, 0.15) is 29.8 Å². The van der Waals surface area contributed by atoms with Gasteiger partial charge in [0.15, 0.2) is 5.78 Å². The van der Waals surface area contributed by atoms with E-state index in [4.69, 9.17) is 16.4 Å². The molecule has 0 aliphatic heterocycles. The van der Waals surface area contributed by atoms with Crippen molar-refractivity contribution < 1.29 is 14.4 Å². The minimum Gasteiger partial charge on any atom is -0.293 e. The minimum absolute atomic E-state index is 0.0475. The zero-order valence-corrected chi connectivity index (χ0v) is 12.3. The molecule has 0 aliphatic rings. The van der Waals surface area contributed by atoms with Gasteiger partial charge in [0.25, 0.3) is 5.91 Å². The van der Waals surface area contributed by atoms with Crippen molar-refractivity contribution in [3.05, 3.63) is 35.4 Å². The van der Waals surface area contributed by atoms with E-state index in [1.807, 2.05) is 13.8 Å². The molecule has 0 atom stereocenters. The highest BCUT2D eigenvalue weighted by Crippen LogP contribution is 2.25. The van der Waals surface area contributed by atoms with Gasteiger partial charge in [-0.15, -0.1) is 11.6 Å². The molecule has 0 saturated carbocycles. The number of benzene rings is 1. The van der Waals surface area contributed by atoms with Crippen LogP contribution in [-0.4, -0.2) is 36.8 Å². The lowest BCUT2D eigenvalue weighted by Crippen LogP contribution is -2.40. The molecule has 0 fully saturated rings. The summed E-state index contributed by atoms with van der Waals surface area (Å²) in [4.78, 5) is 28.5. The van der Waals surface area contributed by atoms with Gasteiger partial charge in [-0.1, -0.05) is 24.3 Å². The minimum atomic E-state index is -0.729. The van der Waals surface area contributed by atoms with Crippen LogP contribution in [-0.2, 0) is 15.0 Å². The molecule has 0 saturated heterocycles. The van der Waals surface area contributed by atoms with Crippen molar-refractivity contribution in [3.63, 3.8) is 0 Å². The molecule has 19 heavy (non-hydrogen) atoms. The number of amides is 1. The van der Waals surface area contributed by atoms with Gasteiger partial charge in [-0.3, -0.25) is 14.4 Å². The second-order valence-corrected chi connectivity index (χ2v) is 5.01. The Morgan fingerprint density at radius 2 is 1.79 bits per heavy atom. The maximum atomic E-state index is 12.2. The van der Waals surface area contributed by atoms with Crippen LogP contribution in [0.15, 0.2) is 24.3 Å². The second-order valence-electron chi connectivity index (χ2n) is 4.74. The Bertz CT molecular complexity index is 468. The third kappa shape index (κ3) is 3.33. The van der Waals surface area contributed by atoms with E-state index in [0.717, 1.165) is 5.56 Å². The standard InChI is InChI=1S/C14H18ClNO3/c1-14(2,13(18)16(3)19-4)11-7-5-10(6-8-11)12(17)9-15/h5-8H,9H2,1-4H3. The quantitative estimate of drug-likeness (QED) is 0.474. The molecule has 1 aromatic rings. The van der Waals surface area contributed by atoms with Crippen molar-refractivity contribution in [2.75, 3.05) is 20.0 Å². The normalized spacial score (nSPS) is 11.2. The first-order valence-corrected chi connectivity index (χ1v) is 6.40.